The maximum absolute atomic E-state index is 12.9. The van der Waals surface area contributed by atoms with Gasteiger partial charge in [0.1, 0.15) is 6.54 Å². The van der Waals surface area contributed by atoms with E-state index in [2.05, 4.69) is 6.92 Å². The monoisotopic (exact) mass is 376 g/mol. The van der Waals surface area contributed by atoms with Gasteiger partial charge in [-0.2, -0.15) is 0 Å². The Hall–Kier alpha value is -2.41. The molecule has 1 aliphatic heterocycles. The number of carbonyl (C=O) groups is 3. The Morgan fingerprint density at radius 1 is 1.22 bits per heavy atom. The zero-order chi connectivity index (χ0) is 19.8. The van der Waals surface area contributed by atoms with E-state index in [4.69, 9.17) is 9.47 Å². The fraction of sp³-hybridized carbons (Fsp3) is 0.550. The number of ether oxygens (including phenoxy) is 2. The first-order valence-corrected chi connectivity index (χ1v) is 9.32. The number of hydrogen-bond acceptors (Lipinski definition) is 5. The number of methoxy groups -OCH3 is 1. The van der Waals surface area contributed by atoms with Gasteiger partial charge in [-0.3, -0.25) is 14.4 Å². The second-order valence-corrected chi connectivity index (χ2v) is 6.48. The quantitative estimate of drug-likeness (QED) is 0.613. The van der Waals surface area contributed by atoms with Crippen LogP contribution < -0.4 is 4.90 Å². The number of aryl methyl sites for hydroxylation is 1. The number of benzene rings is 1. The van der Waals surface area contributed by atoms with Gasteiger partial charge in [-0.25, -0.2) is 0 Å². The average molecular weight is 376 g/mol. The van der Waals surface area contributed by atoms with E-state index in [1.807, 2.05) is 24.3 Å². The zero-order valence-electron chi connectivity index (χ0n) is 16.3. The number of anilines is 1. The van der Waals surface area contributed by atoms with Crippen LogP contribution in [0.15, 0.2) is 24.3 Å². The Balaban J connectivity index is 2.06. The van der Waals surface area contributed by atoms with Crippen molar-refractivity contribution in [3.63, 3.8) is 0 Å². The zero-order valence-corrected chi connectivity index (χ0v) is 16.3. The van der Waals surface area contributed by atoms with E-state index in [0.717, 1.165) is 12.1 Å². The first-order chi connectivity index (χ1) is 13.0. The van der Waals surface area contributed by atoms with E-state index < -0.39 is 11.9 Å². The lowest BCUT2D eigenvalue weighted by Gasteiger charge is -2.24. The maximum atomic E-state index is 12.9. The molecule has 27 heavy (non-hydrogen) atoms. The van der Waals surface area contributed by atoms with Crippen LogP contribution in [0, 0.1) is 5.92 Å². The summed E-state index contributed by atoms with van der Waals surface area (Å²) in [5.74, 6) is -1.24. The van der Waals surface area contributed by atoms with Gasteiger partial charge in [-0.05, 0) is 31.0 Å². The molecule has 0 saturated carbocycles. The van der Waals surface area contributed by atoms with Crippen molar-refractivity contribution >= 4 is 23.5 Å². The maximum Gasteiger partial charge on any atom is 0.325 e. The van der Waals surface area contributed by atoms with Gasteiger partial charge in [-0.15, -0.1) is 0 Å². The molecule has 7 nitrogen and oxygen atoms in total. The molecule has 0 radical (unpaired) electrons. The molecule has 2 rings (SSSR count). The molecule has 1 fully saturated rings. The SMILES string of the molecule is CCOC(=O)CN(CCOC)C(=O)C1CC(=O)N(c2ccc(CC)cc2)C1. The van der Waals surface area contributed by atoms with Gasteiger partial charge in [-0.1, -0.05) is 19.1 Å². The number of amides is 2. The molecule has 1 unspecified atom stereocenters. The molecule has 0 aromatic heterocycles. The second kappa shape index (κ2) is 10.1. The van der Waals surface area contributed by atoms with E-state index in [9.17, 15) is 14.4 Å². The Morgan fingerprint density at radius 2 is 1.93 bits per heavy atom. The first kappa shape index (κ1) is 20.9. The van der Waals surface area contributed by atoms with Crippen LogP contribution in [0.3, 0.4) is 0 Å². The lowest BCUT2D eigenvalue weighted by atomic mass is 10.1. The van der Waals surface area contributed by atoms with Crippen molar-refractivity contribution in [1.82, 2.24) is 4.90 Å². The van der Waals surface area contributed by atoms with Crippen molar-refractivity contribution in [3.05, 3.63) is 29.8 Å². The van der Waals surface area contributed by atoms with Gasteiger partial charge in [0.25, 0.3) is 0 Å². The summed E-state index contributed by atoms with van der Waals surface area (Å²) >= 11 is 0. The highest BCUT2D eigenvalue weighted by Crippen LogP contribution is 2.26. The fourth-order valence-corrected chi connectivity index (χ4v) is 3.12. The lowest BCUT2D eigenvalue weighted by Crippen LogP contribution is -2.42. The van der Waals surface area contributed by atoms with E-state index in [0.29, 0.717) is 13.2 Å². The van der Waals surface area contributed by atoms with Gasteiger partial charge < -0.3 is 19.3 Å². The van der Waals surface area contributed by atoms with Crippen LogP contribution >= 0.6 is 0 Å². The van der Waals surface area contributed by atoms with Crippen molar-refractivity contribution in [1.29, 1.82) is 0 Å². The predicted molar refractivity (Wildman–Crippen MR) is 101 cm³/mol. The number of esters is 1. The van der Waals surface area contributed by atoms with Crippen molar-refractivity contribution in [2.75, 3.05) is 44.9 Å². The number of nitrogens with zero attached hydrogens (tertiary/aromatic N) is 2. The van der Waals surface area contributed by atoms with E-state index in [-0.39, 0.29) is 37.9 Å². The Labute approximate surface area is 160 Å². The summed E-state index contributed by atoms with van der Waals surface area (Å²) in [6.45, 7) is 4.83. The highest BCUT2D eigenvalue weighted by molar-refractivity contribution is 6.00. The van der Waals surface area contributed by atoms with Gasteiger partial charge in [0.05, 0.1) is 19.1 Å². The third kappa shape index (κ3) is 5.53. The number of hydrogen-bond donors (Lipinski definition) is 0. The summed E-state index contributed by atoms with van der Waals surface area (Å²) in [4.78, 5) is 40.2. The van der Waals surface area contributed by atoms with Crippen LogP contribution in [0.5, 0.6) is 0 Å². The van der Waals surface area contributed by atoms with Crippen LogP contribution in [-0.2, 0) is 30.3 Å². The van der Waals surface area contributed by atoms with Crippen LogP contribution in [0.1, 0.15) is 25.8 Å². The fourth-order valence-electron chi connectivity index (χ4n) is 3.12. The number of carbonyl (C=O) groups excluding carboxylic acids is 3. The van der Waals surface area contributed by atoms with Crippen molar-refractivity contribution in [3.8, 4) is 0 Å². The summed E-state index contributed by atoms with van der Waals surface area (Å²) in [7, 11) is 1.54. The Bertz CT molecular complexity index is 659. The van der Waals surface area contributed by atoms with Crippen molar-refractivity contribution < 1.29 is 23.9 Å². The second-order valence-electron chi connectivity index (χ2n) is 6.48. The van der Waals surface area contributed by atoms with E-state index in [1.54, 1.807) is 11.8 Å². The van der Waals surface area contributed by atoms with Crippen LogP contribution in [0.2, 0.25) is 0 Å². The van der Waals surface area contributed by atoms with Gasteiger partial charge in [0.15, 0.2) is 0 Å². The molecule has 1 saturated heterocycles. The highest BCUT2D eigenvalue weighted by atomic mass is 16.5. The highest BCUT2D eigenvalue weighted by Gasteiger charge is 2.37. The standard InChI is InChI=1S/C20H28N2O5/c1-4-15-6-8-17(9-7-15)22-13-16(12-18(22)23)20(25)21(10-11-26-3)14-19(24)27-5-2/h6-9,16H,4-5,10-14H2,1-3H3. The minimum Gasteiger partial charge on any atom is -0.465 e. The molecule has 0 N–H and O–H groups in total. The molecule has 1 aliphatic rings. The smallest absolute Gasteiger partial charge is 0.325 e. The molecule has 7 heteroatoms. The van der Waals surface area contributed by atoms with E-state index in [1.165, 1.54) is 17.6 Å². The number of rotatable bonds is 9. The van der Waals surface area contributed by atoms with Gasteiger partial charge in [0, 0.05) is 32.3 Å². The van der Waals surface area contributed by atoms with Crippen LogP contribution in [0.4, 0.5) is 5.69 Å². The predicted octanol–water partition coefficient (Wildman–Crippen LogP) is 1.64. The molecule has 2 amide bonds. The molecule has 1 aromatic carbocycles. The van der Waals surface area contributed by atoms with Crippen molar-refractivity contribution in [2.24, 2.45) is 5.92 Å². The minimum absolute atomic E-state index is 0.0829. The van der Waals surface area contributed by atoms with Crippen molar-refractivity contribution in [2.45, 2.75) is 26.7 Å². The molecule has 0 spiro atoms. The third-order valence-electron chi connectivity index (χ3n) is 4.63. The summed E-state index contributed by atoms with van der Waals surface area (Å²) in [5.41, 5.74) is 1.99. The summed E-state index contributed by atoms with van der Waals surface area (Å²) in [5, 5.41) is 0. The molecule has 1 atom stereocenters. The molecule has 0 aliphatic carbocycles. The summed E-state index contributed by atoms with van der Waals surface area (Å²) < 4.78 is 9.98. The molecule has 1 heterocycles. The Morgan fingerprint density at radius 3 is 2.52 bits per heavy atom. The molecule has 0 bridgehead atoms. The molecule has 1 aromatic rings. The lowest BCUT2D eigenvalue weighted by molar-refractivity contribution is -0.150. The van der Waals surface area contributed by atoms with Gasteiger partial charge >= 0.3 is 5.97 Å². The van der Waals surface area contributed by atoms with Crippen LogP contribution in [0.25, 0.3) is 0 Å². The summed E-state index contributed by atoms with van der Waals surface area (Å²) in [6.07, 6.45) is 1.07. The van der Waals surface area contributed by atoms with Gasteiger partial charge in [0.2, 0.25) is 11.8 Å². The topological polar surface area (TPSA) is 76.1 Å². The average Bonchev–Trinajstić information content (AvgIpc) is 3.06. The Kier molecular flexibility index (Phi) is 7.79. The molecule has 148 valence electrons. The van der Waals surface area contributed by atoms with Crippen LogP contribution in [-0.4, -0.2) is 62.6 Å². The van der Waals surface area contributed by atoms with E-state index >= 15 is 0 Å². The summed E-state index contributed by atoms with van der Waals surface area (Å²) in [6, 6.07) is 7.79. The third-order valence-corrected chi connectivity index (χ3v) is 4.63. The minimum atomic E-state index is -0.477. The largest absolute Gasteiger partial charge is 0.465 e. The first-order valence-electron chi connectivity index (χ1n) is 9.32. The normalized spacial score (nSPS) is 16.5. The molecular weight excluding hydrogens is 348 g/mol. The molecular formula is C20H28N2O5.